The summed E-state index contributed by atoms with van der Waals surface area (Å²) in [5, 5.41) is 1.19. The normalized spacial score (nSPS) is 18.0. The van der Waals surface area contributed by atoms with E-state index in [9.17, 15) is 13.2 Å². The second-order valence-corrected chi connectivity index (χ2v) is 9.21. The highest BCUT2D eigenvalue weighted by Gasteiger charge is 2.24. The lowest BCUT2D eigenvalue weighted by Gasteiger charge is -2.29. The number of benzene rings is 3. The molecule has 37 heavy (non-hydrogen) atoms. The van der Waals surface area contributed by atoms with Gasteiger partial charge in [-0.3, -0.25) is 0 Å². The van der Waals surface area contributed by atoms with Crippen LogP contribution in [-0.4, -0.2) is 32.5 Å². The van der Waals surface area contributed by atoms with Gasteiger partial charge in [-0.25, -0.2) is 8.78 Å². The number of aryl methyl sites for hydroxylation is 2. The zero-order valence-corrected chi connectivity index (χ0v) is 20.9. The Hall–Kier alpha value is -2.68. The molecule has 1 fully saturated rings. The van der Waals surface area contributed by atoms with Crippen LogP contribution in [0.15, 0.2) is 48.5 Å². The Morgan fingerprint density at radius 1 is 0.919 bits per heavy atom. The Balaban J connectivity index is 1.34. The minimum absolute atomic E-state index is 0.0835. The molecule has 0 spiro atoms. The summed E-state index contributed by atoms with van der Waals surface area (Å²) in [6.07, 6.45) is 4.65. The van der Waals surface area contributed by atoms with Crippen molar-refractivity contribution < 1.29 is 36.5 Å². The van der Waals surface area contributed by atoms with Crippen LogP contribution in [-0.2, 0) is 27.1 Å². The van der Waals surface area contributed by atoms with Crippen LogP contribution in [0.3, 0.4) is 0 Å². The Bertz CT molecular complexity index is 1160. The smallest absolute Gasteiger partial charge is 0.387 e. The summed E-state index contributed by atoms with van der Waals surface area (Å²) in [5.74, 6) is -1.73. The Morgan fingerprint density at radius 2 is 1.73 bits per heavy atom. The molecule has 0 bridgehead atoms. The van der Waals surface area contributed by atoms with Gasteiger partial charge in [0.1, 0.15) is 11.9 Å². The van der Waals surface area contributed by atoms with Crippen molar-refractivity contribution in [3.63, 3.8) is 0 Å². The fraction of sp³-hybridized carbons (Fsp3) is 0.448. The lowest BCUT2D eigenvalue weighted by Crippen LogP contribution is -2.33. The third kappa shape index (κ3) is 7.43. The van der Waals surface area contributed by atoms with Crippen LogP contribution in [0.2, 0.25) is 0 Å². The van der Waals surface area contributed by atoms with E-state index in [1.807, 2.05) is 12.1 Å². The number of hydrogen-bond acceptors (Lipinski definition) is 4. The fourth-order valence-corrected chi connectivity index (χ4v) is 4.42. The number of unbranched alkanes of at least 4 members (excludes halogenated alkanes) is 3. The van der Waals surface area contributed by atoms with Gasteiger partial charge in [0, 0.05) is 17.6 Å². The van der Waals surface area contributed by atoms with Gasteiger partial charge in [0.25, 0.3) is 0 Å². The number of halogens is 4. The molecule has 8 heteroatoms. The molecule has 3 aromatic rings. The number of rotatable bonds is 12. The second kappa shape index (κ2) is 13.2. The summed E-state index contributed by atoms with van der Waals surface area (Å²) in [4.78, 5) is 0. The van der Waals surface area contributed by atoms with Gasteiger partial charge in [-0.05, 0) is 54.0 Å². The van der Waals surface area contributed by atoms with Crippen LogP contribution in [0.25, 0.3) is 10.8 Å². The van der Waals surface area contributed by atoms with Crippen molar-refractivity contribution >= 4 is 10.8 Å². The van der Waals surface area contributed by atoms with Gasteiger partial charge >= 0.3 is 6.61 Å². The number of alkyl halides is 2. The van der Waals surface area contributed by atoms with E-state index in [-0.39, 0.29) is 11.9 Å². The maximum atomic E-state index is 15.2. The molecule has 0 aromatic heterocycles. The highest BCUT2D eigenvalue weighted by Crippen LogP contribution is 2.30. The maximum absolute atomic E-state index is 15.2. The first-order valence-corrected chi connectivity index (χ1v) is 12.7. The summed E-state index contributed by atoms with van der Waals surface area (Å²) < 4.78 is 75.5. The molecule has 0 amide bonds. The van der Waals surface area contributed by atoms with Crippen LogP contribution in [0.1, 0.15) is 55.6 Å². The highest BCUT2D eigenvalue weighted by molar-refractivity contribution is 5.84. The summed E-state index contributed by atoms with van der Waals surface area (Å²) in [6.45, 7) is 0.667. The van der Waals surface area contributed by atoms with Crippen molar-refractivity contribution in [1.82, 2.24) is 0 Å². The molecule has 0 saturated carbocycles. The minimum Gasteiger partial charge on any atom is -0.432 e. The van der Waals surface area contributed by atoms with E-state index in [4.69, 9.17) is 14.2 Å². The van der Waals surface area contributed by atoms with Gasteiger partial charge in [0.05, 0.1) is 13.2 Å². The summed E-state index contributed by atoms with van der Waals surface area (Å²) >= 11 is 0. The van der Waals surface area contributed by atoms with Gasteiger partial charge in [0.15, 0.2) is 17.9 Å². The first-order valence-electron chi connectivity index (χ1n) is 12.7. The number of fused-ring (bicyclic) bond motifs is 1. The largest absolute Gasteiger partial charge is 0.432 e. The van der Waals surface area contributed by atoms with Crippen molar-refractivity contribution in [3.8, 4) is 5.75 Å². The molecule has 200 valence electrons. The fourth-order valence-electron chi connectivity index (χ4n) is 4.42. The first kappa shape index (κ1) is 27.4. The summed E-state index contributed by atoms with van der Waals surface area (Å²) in [5.41, 5.74) is 1.85. The monoisotopic (exact) mass is 520 g/mol. The molecule has 1 aliphatic heterocycles. The van der Waals surface area contributed by atoms with E-state index in [1.165, 1.54) is 18.9 Å². The Morgan fingerprint density at radius 3 is 2.46 bits per heavy atom. The van der Waals surface area contributed by atoms with Crippen molar-refractivity contribution in [1.29, 1.82) is 0 Å². The van der Waals surface area contributed by atoms with Gasteiger partial charge in [0.2, 0.25) is 0 Å². The SMILES string of the molecule is CCCCCCOC1COC(c2ccc3c(F)c(CCc4ccc(OC(F)F)c(F)c4)ccc3c2)OC1. The van der Waals surface area contributed by atoms with Crippen LogP contribution in [0.5, 0.6) is 5.75 Å². The average Bonchev–Trinajstić information content (AvgIpc) is 2.89. The highest BCUT2D eigenvalue weighted by atomic mass is 19.3. The summed E-state index contributed by atoms with van der Waals surface area (Å²) in [6, 6.07) is 12.7. The predicted octanol–water partition coefficient (Wildman–Crippen LogP) is 7.52. The quantitative estimate of drug-likeness (QED) is 0.183. The van der Waals surface area contributed by atoms with Crippen molar-refractivity contribution in [2.75, 3.05) is 19.8 Å². The lowest BCUT2D eigenvalue weighted by molar-refractivity contribution is -0.230. The molecule has 1 saturated heterocycles. The van der Waals surface area contributed by atoms with E-state index < -0.39 is 24.5 Å². The zero-order chi connectivity index (χ0) is 26.2. The van der Waals surface area contributed by atoms with Gasteiger partial charge in [-0.1, -0.05) is 56.5 Å². The molecule has 0 unspecified atom stereocenters. The summed E-state index contributed by atoms with van der Waals surface area (Å²) in [7, 11) is 0. The van der Waals surface area contributed by atoms with Gasteiger partial charge in [-0.15, -0.1) is 0 Å². The Kier molecular flexibility index (Phi) is 9.77. The third-order valence-corrected chi connectivity index (χ3v) is 6.44. The number of ether oxygens (including phenoxy) is 4. The molecule has 1 aliphatic rings. The van der Waals surface area contributed by atoms with Crippen molar-refractivity contribution in [2.45, 2.75) is 64.5 Å². The lowest BCUT2D eigenvalue weighted by atomic mass is 9.99. The Labute approximate surface area is 214 Å². The zero-order valence-electron chi connectivity index (χ0n) is 20.9. The topological polar surface area (TPSA) is 36.9 Å². The molecule has 4 rings (SSSR count). The van der Waals surface area contributed by atoms with Crippen molar-refractivity contribution in [3.05, 3.63) is 76.9 Å². The van der Waals surface area contributed by atoms with Crippen LogP contribution < -0.4 is 4.74 Å². The molecule has 0 aliphatic carbocycles. The van der Waals surface area contributed by atoms with E-state index in [1.54, 1.807) is 18.2 Å². The molecule has 0 radical (unpaired) electrons. The number of hydrogen-bond donors (Lipinski definition) is 0. The average molecular weight is 521 g/mol. The third-order valence-electron chi connectivity index (χ3n) is 6.44. The molecule has 3 aromatic carbocycles. The maximum Gasteiger partial charge on any atom is 0.387 e. The molecule has 0 N–H and O–H groups in total. The predicted molar refractivity (Wildman–Crippen MR) is 133 cm³/mol. The molecule has 1 heterocycles. The molecule has 0 atom stereocenters. The molecule has 4 nitrogen and oxygen atoms in total. The minimum atomic E-state index is -3.10. The molecular weight excluding hydrogens is 488 g/mol. The second-order valence-electron chi connectivity index (χ2n) is 9.21. The van der Waals surface area contributed by atoms with Gasteiger partial charge in [-0.2, -0.15) is 8.78 Å². The van der Waals surface area contributed by atoms with Crippen molar-refractivity contribution in [2.24, 2.45) is 0 Å². The van der Waals surface area contributed by atoms with E-state index >= 15 is 4.39 Å². The van der Waals surface area contributed by atoms with Crippen LogP contribution in [0.4, 0.5) is 17.6 Å². The van der Waals surface area contributed by atoms with E-state index in [2.05, 4.69) is 11.7 Å². The molecular formula is C29H32F4O4. The van der Waals surface area contributed by atoms with Crippen LogP contribution in [0, 0.1) is 11.6 Å². The van der Waals surface area contributed by atoms with E-state index in [0.29, 0.717) is 49.2 Å². The van der Waals surface area contributed by atoms with Crippen LogP contribution >= 0.6 is 0 Å². The first-order chi connectivity index (χ1) is 17.9. The standard InChI is InChI=1S/C29H32F4O4/c1-2-3-4-5-14-34-23-17-35-28(36-18-23)22-11-12-24-21(16-22)10-9-20(27(24)31)8-6-19-7-13-26(25(30)15-19)37-29(32)33/h7,9-13,15-16,23,28-29H,2-6,8,14,17-18H2,1H3. The van der Waals surface area contributed by atoms with Gasteiger partial charge < -0.3 is 18.9 Å². The van der Waals surface area contributed by atoms with E-state index in [0.717, 1.165) is 35.9 Å².